The summed E-state index contributed by atoms with van der Waals surface area (Å²) in [5.74, 6) is 1.64. The van der Waals surface area contributed by atoms with E-state index in [2.05, 4.69) is 54.6 Å². The van der Waals surface area contributed by atoms with Crippen molar-refractivity contribution in [3.8, 4) is 0 Å². The molecular formula is C22H20O. The Labute approximate surface area is 136 Å². The summed E-state index contributed by atoms with van der Waals surface area (Å²) in [6, 6.07) is 14.8. The second-order valence-corrected chi connectivity index (χ2v) is 7.16. The van der Waals surface area contributed by atoms with E-state index in [0.29, 0.717) is 17.6 Å². The molecule has 3 aliphatic rings. The molecule has 1 nitrogen and oxygen atoms in total. The van der Waals surface area contributed by atoms with Gasteiger partial charge in [0.25, 0.3) is 0 Å². The first-order valence-electron chi connectivity index (χ1n) is 8.76. The molecule has 0 heterocycles. The third-order valence-electron chi connectivity index (χ3n) is 6.03. The average Bonchev–Trinajstić information content (AvgIpc) is 2.89. The normalized spacial score (nSPS) is 29.2. The summed E-state index contributed by atoms with van der Waals surface area (Å²) >= 11 is 0. The van der Waals surface area contributed by atoms with Gasteiger partial charge in [-0.1, -0.05) is 60.2 Å². The SMILES string of the molecule is O=C1C(c2cccc3ccccc23)=C2CCC[C@@H]3CC=C[C@H]1[C@H]23. The van der Waals surface area contributed by atoms with Crippen molar-refractivity contribution in [2.45, 2.75) is 25.7 Å². The summed E-state index contributed by atoms with van der Waals surface area (Å²) in [5, 5.41) is 2.44. The first-order chi connectivity index (χ1) is 11.3. The lowest BCUT2D eigenvalue weighted by Gasteiger charge is -2.35. The number of allylic oxidation sites excluding steroid dienone is 4. The summed E-state index contributed by atoms with van der Waals surface area (Å²) in [6.45, 7) is 0. The van der Waals surface area contributed by atoms with Crippen molar-refractivity contribution in [3.05, 3.63) is 65.8 Å². The third-order valence-corrected chi connectivity index (χ3v) is 6.03. The third kappa shape index (κ3) is 1.83. The molecule has 5 rings (SSSR count). The zero-order valence-corrected chi connectivity index (χ0v) is 13.2. The lowest BCUT2D eigenvalue weighted by molar-refractivity contribution is -0.116. The number of benzene rings is 2. The van der Waals surface area contributed by atoms with Gasteiger partial charge in [-0.2, -0.15) is 0 Å². The van der Waals surface area contributed by atoms with E-state index in [0.717, 1.165) is 24.0 Å². The monoisotopic (exact) mass is 300 g/mol. The van der Waals surface area contributed by atoms with Gasteiger partial charge in [0.15, 0.2) is 5.78 Å². The van der Waals surface area contributed by atoms with Crippen molar-refractivity contribution in [1.29, 1.82) is 0 Å². The highest BCUT2D eigenvalue weighted by Crippen LogP contribution is 2.53. The summed E-state index contributed by atoms with van der Waals surface area (Å²) < 4.78 is 0. The predicted molar refractivity (Wildman–Crippen MR) is 94.0 cm³/mol. The Bertz CT molecular complexity index is 865. The molecule has 1 fully saturated rings. The molecule has 0 aliphatic heterocycles. The molecule has 3 aliphatic carbocycles. The molecule has 0 spiro atoms. The van der Waals surface area contributed by atoms with E-state index in [-0.39, 0.29) is 5.92 Å². The highest BCUT2D eigenvalue weighted by Gasteiger charge is 2.47. The number of carbonyl (C=O) groups is 1. The van der Waals surface area contributed by atoms with Crippen LogP contribution >= 0.6 is 0 Å². The molecule has 23 heavy (non-hydrogen) atoms. The van der Waals surface area contributed by atoms with E-state index in [1.165, 1.54) is 29.2 Å². The maximum absolute atomic E-state index is 13.2. The van der Waals surface area contributed by atoms with Crippen molar-refractivity contribution in [3.63, 3.8) is 0 Å². The van der Waals surface area contributed by atoms with Crippen LogP contribution in [-0.2, 0) is 4.79 Å². The summed E-state index contributed by atoms with van der Waals surface area (Å²) in [7, 11) is 0. The van der Waals surface area contributed by atoms with Gasteiger partial charge in [0, 0.05) is 11.5 Å². The van der Waals surface area contributed by atoms with Crippen LogP contribution in [0.25, 0.3) is 16.3 Å². The molecule has 0 aromatic heterocycles. The minimum absolute atomic E-state index is 0.109. The van der Waals surface area contributed by atoms with E-state index >= 15 is 0 Å². The van der Waals surface area contributed by atoms with Crippen LogP contribution in [0.3, 0.4) is 0 Å². The number of rotatable bonds is 1. The molecular weight excluding hydrogens is 280 g/mol. The topological polar surface area (TPSA) is 17.1 Å². The maximum atomic E-state index is 13.2. The van der Waals surface area contributed by atoms with Gasteiger partial charge in [-0.25, -0.2) is 0 Å². The molecule has 0 bridgehead atoms. The zero-order valence-electron chi connectivity index (χ0n) is 13.2. The van der Waals surface area contributed by atoms with Crippen LogP contribution in [0.5, 0.6) is 0 Å². The van der Waals surface area contributed by atoms with Crippen LogP contribution in [0, 0.1) is 17.8 Å². The molecule has 2 aromatic carbocycles. The van der Waals surface area contributed by atoms with Crippen LogP contribution in [0.4, 0.5) is 0 Å². The fourth-order valence-corrected chi connectivity index (χ4v) is 5.10. The molecule has 0 radical (unpaired) electrons. The van der Waals surface area contributed by atoms with Crippen LogP contribution < -0.4 is 0 Å². The molecule has 0 amide bonds. The minimum Gasteiger partial charge on any atom is -0.293 e. The first kappa shape index (κ1) is 13.3. The number of ketones is 1. The van der Waals surface area contributed by atoms with Crippen LogP contribution in [0.1, 0.15) is 31.2 Å². The highest BCUT2D eigenvalue weighted by molar-refractivity contribution is 6.28. The van der Waals surface area contributed by atoms with Gasteiger partial charge in [-0.3, -0.25) is 4.79 Å². The molecule has 0 saturated heterocycles. The quantitative estimate of drug-likeness (QED) is 0.664. The number of Topliss-reactive ketones (excluding diaryl/α,β-unsaturated/α-hetero) is 1. The molecule has 0 N–H and O–H groups in total. The van der Waals surface area contributed by atoms with Gasteiger partial charge in [-0.15, -0.1) is 0 Å². The summed E-state index contributed by atoms with van der Waals surface area (Å²) in [5.41, 5.74) is 3.66. The second-order valence-electron chi connectivity index (χ2n) is 7.16. The van der Waals surface area contributed by atoms with Crippen molar-refractivity contribution in [1.82, 2.24) is 0 Å². The van der Waals surface area contributed by atoms with Crippen molar-refractivity contribution in [2.24, 2.45) is 17.8 Å². The van der Waals surface area contributed by atoms with Crippen LogP contribution in [0.2, 0.25) is 0 Å². The lowest BCUT2D eigenvalue weighted by Crippen LogP contribution is -2.29. The van der Waals surface area contributed by atoms with Crippen LogP contribution in [-0.4, -0.2) is 5.78 Å². The Morgan fingerprint density at radius 3 is 2.83 bits per heavy atom. The van der Waals surface area contributed by atoms with Crippen LogP contribution in [0.15, 0.2) is 60.2 Å². The lowest BCUT2D eigenvalue weighted by atomic mass is 9.68. The molecule has 1 heteroatoms. The maximum Gasteiger partial charge on any atom is 0.170 e. The van der Waals surface area contributed by atoms with E-state index < -0.39 is 0 Å². The van der Waals surface area contributed by atoms with Gasteiger partial charge in [0.1, 0.15) is 0 Å². The van der Waals surface area contributed by atoms with Gasteiger partial charge >= 0.3 is 0 Å². The molecule has 3 atom stereocenters. The first-order valence-corrected chi connectivity index (χ1v) is 8.76. The Morgan fingerprint density at radius 2 is 1.87 bits per heavy atom. The van der Waals surface area contributed by atoms with Gasteiger partial charge < -0.3 is 0 Å². The number of hydrogen-bond acceptors (Lipinski definition) is 1. The summed E-state index contributed by atoms with van der Waals surface area (Å²) in [4.78, 5) is 13.2. The van der Waals surface area contributed by atoms with E-state index in [1.54, 1.807) is 0 Å². The molecule has 114 valence electrons. The Balaban J connectivity index is 1.77. The van der Waals surface area contributed by atoms with Gasteiger partial charge in [-0.05, 0) is 53.9 Å². The zero-order chi connectivity index (χ0) is 15.4. The number of hydrogen-bond donors (Lipinski definition) is 0. The number of fused-ring (bicyclic) bond motifs is 1. The average molecular weight is 300 g/mol. The highest BCUT2D eigenvalue weighted by atomic mass is 16.1. The van der Waals surface area contributed by atoms with Gasteiger partial charge in [0.05, 0.1) is 0 Å². The molecule has 1 saturated carbocycles. The minimum atomic E-state index is 0.109. The van der Waals surface area contributed by atoms with E-state index in [4.69, 9.17) is 0 Å². The van der Waals surface area contributed by atoms with Crippen molar-refractivity contribution >= 4 is 22.1 Å². The largest absolute Gasteiger partial charge is 0.293 e. The standard InChI is InChI=1S/C22H20O/c23-22-19-13-5-9-15-8-4-12-18(20(15)19)21(22)17-11-3-7-14-6-1-2-10-16(14)17/h1-3,5-7,10-11,13,15,19-20H,4,8-9,12H2/t15-,19+,20+/m1/s1. The van der Waals surface area contributed by atoms with E-state index in [9.17, 15) is 4.79 Å². The summed E-state index contributed by atoms with van der Waals surface area (Å²) in [6.07, 6.45) is 9.21. The van der Waals surface area contributed by atoms with E-state index in [1.807, 2.05) is 0 Å². The Morgan fingerprint density at radius 1 is 1.00 bits per heavy atom. The Kier molecular flexibility index (Phi) is 2.85. The molecule has 2 aromatic rings. The fraction of sp³-hybridized carbons (Fsp3) is 0.318. The smallest absolute Gasteiger partial charge is 0.170 e. The van der Waals surface area contributed by atoms with Crippen molar-refractivity contribution < 1.29 is 4.79 Å². The van der Waals surface area contributed by atoms with Crippen molar-refractivity contribution in [2.75, 3.05) is 0 Å². The second kappa shape index (κ2) is 4.92. The molecule has 0 unspecified atom stereocenters. The number of carbonyl (C=O) groups excluding carboxylic acids is 1. The fourth-order valence-electron chi connectivity index (χ4n) is 5.10. The predicted octanol–water partition coefficient (Wildman–Crippen LogP) is 5.17. The van der Waals surface area contributed by atoms with Gasteiger partial charge in [0.2, 0.25) is 0 Å². The Hall–Kier alpha value is -2.15.